The lowest BCUT2D eigenvalue weighted by atomic mass is 9.68. The van der Waals surface area contributed by atoms with Crippen LogP contribution in [0, 0.1) is 17.3 Å². The van der Waals surface area contributed by atoms with Crippen molar-refractivity contribution in [3.63, 3.8) is 0 Å². The lowest BCUT2D eigenvalue weighted by molar-refractivity contribution is 0.0819. The molecule has 2 heterocycles. The number of hydrogen-bond acceptors (Lipinski definition) is 4. The van der Waals surface area contributed by atoms with Crippen molar-refractivity contribution in [2.45, 2.75) is 84.2 Å². The molecule has 0 spiro atoms. The zero-order valence-electron chi connectivity index (χ0n) is 22.4. The van der Waals surface area contributed by atoms with Gasteiger partial charge in [0.05, 0.1) is 6.10 Å². The maximum absolute atomic E-state index is 5.63. The summed E-state index contributed by atoms with van der Waals surface area (Å²) in [5.41, 5.74) is 5.08. The van der Waals surface area contributed by atoms with E-state index >= 15 is 0 Å². The number of ether oxygens (including phenoxy) is 1. The molecule has 1 aromatic carbocycles. The van der Waals surface area contributed by atoms with Gasteiger partial charge in [0, 0.05) is 64.3 Å². The van der Waals surface area contributed by atoms with E-state index in [1.807, 2.05) is 7.11 Å². The van der Waals surface area contributed by atoms with Crippen LogP contribution in [0.25, 0.3) is 0 Å². The SMILES string of the molecule is COC1CCN(c2ccc(N3CCN(CC4CC4)CC3)c(C3CCC(C(C)(C)C)CC3)c2)CC1. The van der Waals surface area contributed by atoms with Crippen molar-refractivity contribution >= 4 is 11.4 Å². The first-order valence-electron chi connectivity index (χ1n) is 14.3. The third kappa shape index (κ3) is 5.75. The quantitative estimate of drug-likeness (QED) is 0.499. The van der Waals surface area contributed by atoms with Gasteiger partial charge in [0.25, 0.3) is 0 Å². The Labute approximate surface area is 209 Å². The van der Waals surface area contributed by atoms with Crippen molar-refractivity contribution in [2.24, 2.45) is 17.3 Å². The van der Waals surface area contributed by atoms with Crippen LogP contribution in [-0.2, 0) is 4.74 Å². The Morgan fingerprint density at radius 3 is 2.06 bits per heavy atom. The number of rotatable bonds is 6. The predicted molar refractivity (Wildman–Crippen MR) is 144 cm³/mol. The maximum Gasteiger partial charge on any atom is 0.0605 e. The van der Waals surface area contributed by atoms with E-state index in [-0.39, 0.29) is 0 Å². The zero-order chi connectivity index (χ0) is 23.7. The minimum atomic E-state index is 0.439. The normalized spacial score (nSPS) is 27.9. The van der Waals surface area contributed by atoms with Gasteiger partial charge in [-0.05, 0) is 98.3 Å². The Kier molecular flexibility index (Phi) is 7.46. The average Bonchev–Trinajstić information content (AvgIpc) is 3.68. The van der Waals surface area contributed by atoms with E-state index in [9.17, 15) is 0 Å². The number of anilines is 2. The molecule has 0 unspecified atom stereocenters. The molecular formula is C30H49N3O. The van der Waals surface area contributed by atoms with Crippen LogP contribution in [0.1, 0.15) is 83.6 Å². The van der Waals surface area contributed by atoms with E-state index in [0.717, 1.165) is 43.7 Å². The summed E-state index contributed by atoms with van der Waals surface area (Å²) >= 11 is 0. The topological polar surface area (TPSA) is 19.0 Å². The number of piperidine rings is 1. The minimum absolute atomic E-state index is 0.439. The van der Waals surface area contributed by atoms with Crippen LogP contribution in [0.4, 0.5) is 11.4 Å². The van der Waals surface area contributed by atoms with Gasteiger partial charge >= 0.3 is 0 Å². The molecule has 0 bridgehead atoms. The summed E-state index contributed by atoms with van der Waals surface area (Å²) in [7, 11) is 1.87. The standard InChI is InChI=1S/C30H49N3O/c1-30(2,3)25-9-7-24(8-10-25)28-21-26(32-15-13-27(34-4)14-16-32)11-12-29(28)33-19-17-31(18-20-33)22-23-5-6-23/h11-12,21,23-25,27H,5-10,13-20,22H2,1-4H3. The number of methoxy groups -OCH3 is 1. The molecule has 34 heavy (non-hydrogen) atoms. The molecule has 2 aliphatic carbocycles. The number of benzene rings is 1. The molecule has 0 atom stereocenters. The molecule has 1 aromatic rings. The molecule has 190 valence electrons. The Balaban J connectivity index is 1.33. The molecule has 2 aliphatic heterocycles. The van der Waals surface area contributed by atoms with Crippen LogP contribution in [-0.4, -0.2) is 63.9 Å². The van der Waals surface area contributed by atoms with Crippen LogP contribution in [0.15, 0.2) is 18.2 Å². The average molecular weight is 468 g/mol. The van der Waals surface area contributed by atoms with E-state index in [0.29, 0.717) is 11.5 Å². The Morgan fingerprint density at radius 1 is 0.794 bits per heavy atom. The molecule has 4 nitrogen and oxygen atoms in total. The lowest BCUT2D eigenvalue weighted by Crippen LogP contribution is -2.47. The van der Waals surface area contributed by atoms with E-state index in [4.69, 9.17) is 4.74 Å². The molecule has 0 N–H and O–H groups in total. The van der Waals surface area contributed by atoms with E-state index in [1.54, 1.807) is 11.3 Å². The summed E-state index contributed by atoms with van der Waals surface area (Å²) in [4.78, 5) is 8.05. The van der Waals surface area contributed by atoms with E-state index in [2.05, 4.69) is 53.7 Å². The fourth-order valence-electron chi connectivity index (χ4n) is 6.81. The molecule has 4 heteroatoms. The second kappa shape index (κ2) is 10.4. The molecule has 2 saturated heterocycles. The van der Waals surface area contributed by atoms with Crippen molar-refractivity contribution in [1.82, 2.24) is 4.90 Å². The van der Waals surface area contributed by atoms with Gasteiger partial charge < -0.3 is 14.5 Å². The first kappa shape index (κ1) is 24.4. The monoisotopic (exact) mass is 467 g/mol. The highest BCUT2D eigenvalue weighted by molar-refractivity contribution is 5.63. The van der Waals surface area contributed by atoms with Crippen molar-refractivity contribution < 1.29 is 4.74 Å². The Bertz CT molecular complexity index is 790. The van der Waals surface area contributed by atoms with Crippen molar-refractivity contribution in [2.75, 3.05) is 62.7 Å². The lowest BCUT2D eigenvalue weighted by Gasteiger charge is -2.41. The molecule has 0 radical (unpaired) electrons. The number of piperazine rings is 1. The number of nitrogens with zero attached hydrogens (tertiary/aromatic N) is 3. The van der Waals surface area contributed by atoms with E-state index < -0.39 is 0 Å². The first-order chi connectivity index (χ1) is 16.4. The van der Waals surface area contributed by atoms with Crippen LogP contribution in [0.3, 0.4) is 0 Å². The van der Waals surface area contributed by atoms with Gasteiger partial charge in [-0.1, -0.05) is 20.8 Å². The van der Waals surface area contributed by atoms with Crippen LogP contribution < -0.4 is 9.80 Å². The fourth-order valence-corrected chi connectivity index (χ4v) is 6.81. The fraction of sp³-hybridized carbons (Fsp3) is 0.800. The molecule has 0 aromatic heterocycles. The van der Waals surface area contributed by atoms with Gasteiger partial charge in [-0.15, -0.1) is 0 Å². The summed E-state index contributed by atoms with van der Waals surface area (Å²) in [6.45, 7) is 15.7. The minimum Gasteiger partial charge on any atom is -0.381 e. The largest absolute Gasteiger partial charge is 0.381 e. The Morgan fingerprint density at radius 2 is 1.47 bits per heavy atom. The van der Waals surface area contributed by atoms with Gasteiger partial charge in [-0.25, -0.2) is 0 Å². The number of hydrogen-bond donors (Lipinski definition) is 0. The van der Waals surface area contributed by atoms with Gasteiger partial charge in [0.2, 0.25) is 0 Å². The predicted octanol–water partition coefficient (Wildman–Crippen LogP) is 6.15. The third-order valence-corrected chi connectivity index (χ3v) is 9.47. The third-order valence-electron chi connectivity index (χ3n) is 9.47. The van der Waals surface area contributed by atoms with Crippen molar-refractivity contribution in [3.8, 4) is 0 Å². The summed E-state index contributed by atoms with van der Waals surface area (Å²) in [5, 5.41) is 0. The summed E-state index contributed by atoms with van der Waals surface area (Å²) in [6.07, 6.45) is 11.1. The van der Waals surface area contributed by atoms with Crippen LogP contribution >= 0.6 is 0 Å². The molecule has 4 aliphatic rings. The molecule has 4 fully saturated rings. The van der Waals surface area contributed by atoms with Crippen molar-refractivity contribution in [1.29, 1.82) is 0 Å². The maximum atomic E-state index is 5.63. The highest BCUT2D eigenvalue weighted by Crippen LogP contribution is 2.46. The van der Waals surface area contributed by atoms with Gasteiger partial charge in [-0.3, -0.25) is 4.90 Å². The molecule has 0 amide bonds. The summed E-state index contributed by atoms with van der Waals surface area (Å²) in [6, 6.07) is 7.50. The molecule has 2 saturated carbocycles. The summed E-state index contributed by atoms with van der Waals surface area (Å²) < 4.78 is 5.63. The smallest absolute Gasteiger partial charge is 0.0605 e. The highest BCUT2D eigenvalue weighted by atomic mass is 16.5. The first-order valence-corrected chi connectivity index (χ1v) is 14.3. The highest BCUT2D eigenvalue weighted by Gasteiger charge is 2.33. The second-order valence-corrected chi connectivity index (χ2v) is 12.8. The van der Waals surface area contributed by atoms with Crippen molar-refractivity contribution in [3.05, 3.63) is 23.8 Å². The summed E-state index contributed by atoms with van der Waals surface area (Å²) in [5.74, 6) is 2.59. The molecular weight excluding hydrogens is 418 g/mol. The Hall–Kier alpha value is -1.26. The molecule has 5 rings (SSSR count). The van der Waals surface area contributed by atoms with Gasteiger partial charge in [0.1, 0.15) is 0 Å². The van der Waals surface area contributed by atoms with Gasteiger partial charge in [0.15, 0.2) is 0 Å². The van der Waals surface area contributed by atoms with Crippen LogP contribution in [0.5, 0.6) is 0 Å². The van der Waals surface area contributed by atoms with E-state index in [1.165, 1.54) is 76.9 Å². The van der Waals surface area contributed by atoms with Crippen LogP contribution in [0.2, 0.25) is 0 Å². The van der Waals surface area contributed by atoms with Gasteiger partial charge in [-0.2, -0.15) is 0 Å². The second-order valence-electron chi connectivity index (χ2n) is 12.8. The zero-order valence-corrected chi connectivity index (χ0v) is 22.4.